The summed E-state index contributed by atoms with van der Waals surface area (Å²) in [5.41, 5.74) is 6.54. The molecule has 5 heteroatoms. The highest BCUT2D eigenvalue weighted by Crippen LogP contribution is 2.28. The zero-order valence-electron chi connectivity index (χ0n) is 9.85. The van der Waals surface area contributed by atoms with Crippen molar-refractivity contribution in [1.82, 2.24) is 5.32 Å². The molecule has 0 spiro atoms. The van der Waals surface area contributed by atoms with Crippen molar-refractivity contribution in [2.24, 2.45) is 5.73 Å². The van der Waals surface area contributed by atoms with Crippen LogP contribution in [-0.4, -0.2) is 38.7 Å². The van der Waals surface area contributed by atoms with Gasteiger partial charge < -0.3 is 20.7 Å². The molecule has 1 atom stereocenters. The Morgan fingerprint density at radius 2 is 2.29 bits per heavy atom. The number of rotatable bonds is 3. The third kappa shape index (κ3) is 2.50. The average Bonchev–Trinajstić information content (AvgIpc) is 2.37. The first-order valence-electron chi connectivity index (χ1n) is 5.62. The van der Waals surface area contributed by atoms with Crippen LogP contribution < -0.4 is 20.7 Å². The Bertz CT molecular complexity index is 408. The summed E-state index contributed by atoms with van der Waals surface area (Å²) in [7, 11) is 1.63. The summed E-state index contributed by atoms with van der Waals surface area (Å²) in [4.78, 5) is 13.6. The molecule has 0 bridgehead atoms. The van der Waals surface area contributed by atoms with E-state index in [4.69, 9.17) is 10.5 Å². The molecular weight excluding hydrogens is 218 g/mol. The third-order valence-electron chi connectivity index (χ3n) is 2.85. The fourth-order valence-corrected chi connectivity index (χ4v) is 2.03. The number of carbonyl (C=O) groups excluding carboxylic acids is 1. The van der Waals surface area contributed by atoms with Crippen LogP contribution in [0.5, 0.6) is 5.75 Å². The number of para-hydroxylation sites is 2. The van der Waals surface area contributed by atoms with Crippen LogP contribution in [0.4, 0.5) is 5.69 Å². The second-order valence-corrected chi connectivity index (χ2v) is 4.05. The predicted molar refractivity (Wildman–Crippen MR) is 66.2 cm³/mol. The Morgan fingerprint density at radius 1 is 1.53 bits per heavy atom. The van der Waals surface area contributed by atoms with Crippen LogP contribution in [0.25, 0.3) is 0 Å². The first-order chi connectivity index (χ1) is 8.24. The van der Waals surface area contributed by atoms with Crippen molar-refractivity contribution < 1.29 is 9.53 Å². The molecule has 0 radical (unpaired) electrons. The van der Waals surface area contributed by atoms with E-state index in [2.05, 4.69) is 5.32 Å². The molecule has 0 aromatic heterocycles. The first kappa shape index (κ1) is 11.7. The smallest absolute Gasteiger partial charge is 0.239 e. The van der Waals surface area contributed by atoms with Crippen LogP contribution in [-0.2, 0) is 4.79 Å². The number of carbonyl (C=O) groups is 1. The largest absolute Gasteiger partial charge is 0.495 e. The van der Waals surface area contributed by atoms with Crippen molar-refractivity contribution in [3.63, 3.8) is 0 Å². The number of methoxy groups -OCH3 is 1. The second-order valence-electron chi connectivity index (χ2n) is 4.05. The number of hydrogen-bond acceptors (Lipinski definition) is 4. The van der Waals surface area contributed by atoms with Gasteiger partial charge in [0.15, 0.2) is 0 Å². The van der Waals surface area contributed by atoms with Crippen LogP contribution in [0, 0.1) is 0 Å². The van der Waals surface area contributed by atoms with Crippen molar-refractivity contribution in [3.05, 3.63) is 24.3 Å². The Morgan fingerprint density at radius 3 is 3.00 bits per heavy atom. The Labute approximate surface area is 101 Å². The molecule has 1 saturated heterocycles. The van der Waals surface area contributed by atoms with Gasteiger partial charge in [0, 0.05) is 13.1 Å². The molecule has 1 aromatic rings. The van der Waals surface area contributed by atoms with Crippen LogP contribution in [0.2, 0.25) is 0 Å². The van der Waals surface area contributed by atoms with Gasteiger partial charge in [-0.05, 0) is 12.1 Å². The molecule has 1 fully saturated rings. The van der Waals surface area contributed by atoms with Crippen molar-refractivity contribution in [2.75, 3.05) is 31.6 Å². The third-order valence-corrected chi connectivity index (χ3v) is 2.85. The lowest BCUT2D eigenvalue weighted by molar-refractivity contribution is -0.121. The quantitative estimate of drug-likeness (QED) is 0.771. The topological polar surface area (TPSA) is 67.6 Å². The van der Waals surface area contributed by atoms with Crippen LogP contribution in [0.1, 0.15) is 0 Å². The fraction of sp³-hybridized carbons (Fsp3) is 0.417. The van der Waals surface area contributed by atoms with E-state index in [1.165, 1.54) is 0 Å². The van der Waals surface area contributed by atoms with E-state index in [0.717, 1.165) is 11.4 Å². The van der Waals surface area contributed by atoms with Crippen LogP contribution in [0.3, 0.4) is 0 Å². The maximum atomic E-state index is 11.6. The van der Waals surface area contributed by atoms with Crippen molar-refractivity contribution >= 4 is 11.6 Å². The van der Waals surface area contributed by atoms with Gasteiger partial charge in [-0.3, -0.25) is 4.79 Å². The number of anilines is 1. The molecule has 17 heavy (non-hydrogen) atoms. The van der Waals surface area contributed by atoms with Crippen molar-refractivity contribution in [3.8, 4) is 5.75 Å². The lowest BCUT2D eigenvalue weighted by Gasteiger charge is -2.34. The van der Waals surface area contributed by atoms with Gasteiger partial charge in [0.1, 0.15) is 5.75 Å². The van der Waals surface area contributed by atoms with Gasteiger partial charge in [0.05, 0.1) is 25.4 Å². The number of amides is 1. The number of ether oxygens (including phenoxy) is 1. The van der Waals surface area contributed by atoms with E-state index in [9.17, 15) is 4.79 Å². The van der Waals surface area contributed by atoms with Crippen molar-refractivity contribution in [2.45, 2.75) is 6.04 Å². The standard InChI is InChI=1S/C12H17N3O2/c1-17-11-5-3-2-4-10(11)15-7-9(6-13)14-12(16)8-15/h2-5,9H,6-8,13H2,1H3,(H,14,16). The van der Waals surface area contributed by atoms with Crippen LogP contribution >= 0.6 is 0 Å². The summed E-state index contributed by atoms with van der Waals surface area (Å²) in [6.07, 6.45) is 0. The molecule has 0 saturated carbocycles. The van der Waals surface area contributed by atoms with E-state index in [0.29, 0.717) is 19.6 Å². The second kappa shape index (κ2) is 5.05. The number of nitrogens with two attached hydrogens (primary N) is 1. The molecule has 1 aromatic carbocycles. The maximum absolute atomic E-state index is 11.6. The predicted octanol–water partition coefficient (Wildman–Crippen LogP) is -0.0413. The summed E-state index contributed by atoms with van der Waals surface area (Å²) in [5, 5.41) is 2.86. The first-order valence-corrected chi connectivity index (χ1v) is 5.62. The minimum Gasteiger partial charge on any atom is -0.495 e. The number of hydrogen-bond donors (Lipinski definition) is 2. The van der Waals surface area contributed by atoms with Gasteiger partial charge >= 0.3 is 0 Å². The summed E-state index contributed by atoms with van der Waals surface area (Å²) < 4.78 is 5.30. The number of piperazine rings is 1. The van der Waals surface area contributed by atoms with Crippen molar-refractivity contribution in [1.29, 1.82) is 0 Å². The van der Waals surface area contributed by atoms with Gasteiger partial charge in [-0.2, -0.15) is 0 Å². The minimum atomic E-state index is -0.00222. The summed E-state index contributed by atoms with van der Waals surface area (Å²) in [5.74, 6) is 0.774. The molecule has 1 aliphatic rings. The van der Waals surface area contributed by atoms with E-state index in [1.54, 1.807) is 7.11 Å². The molecule has 1 unspecified atom stereocenters. The molecular formula is C12H17N3O2. The van der Waals surface area contributed by atoms with Gasteiger partial charge in [-0.25, -0.2) is 0 Å². The fourth-order valence-electron chi connectivity index (χ4n) is 2.03. The zero-order valence-corrected chi connectivity index (χ0v) is 9.85. The lowest BCUT2D eigenvalue weighted by Crippen LogP contribution is -2.56. The molecule has 1 amide bonds. The van der Waals surface area contributed by atoms with Gasteiger partial charge in [0.2, 0.25) is 5.91 Å². The highest BCUT2D eigenvalue weighted by molar-refractivity contribution is 5.83. The number of nitrogens with one attached hydrogen (secondary N) is 1. The zero-order chi connectivity index (χ0) is 12.3. The molecule has 2 rings (SSSR count). The average molecular weight is 235 g/mol. The monoisotopic (exact) mass is 235 g/mol. The summed E-state index contributed by atoms with van der Waals surface area (Å²) >= 11 is 0. The Kier molecular flexibility index (Phi) is 3.49. The molecule has 5 nitrogen and oxygen atoms in total. The number of nitrogens with zero attached hydrogens (tertiary/aromatic N) is 1. The molecule has 92 valence electrons. The highest BCUT2D eigenvalue weighted by Gasteiger charge is 2.25. The van der Waals surface area contributed by atoms with Gasteiger partial charge in [-0.15, -0.1) is 0 Å². The molecule has 1 aliphatic heterocycles. The lowest BCUT2D eigenvalue weighted by atomic mass is 10.1. The maximum Gasteiger partial charge on any atom is 0.239 e. The van der Waals surface area contributed by atoms with E-state index in [1.807, 2.05) is 29.2 Å². The van der Waals surface area contributed by atoms with Gasteiger partial charge in [-0.1, -0.05) is 12.1 Å². The minimum absolute atomic E-state index is 0.00108. The summed E-state index contributed by atoms with van der Waals surface area (Å²) in [6.45, 7) is 1.50. The molecule has 0 aliphatic carbocycles. The van der Waals surface area contributed by atoms with E-state index in [-0.39, 0.29) is 11.9 Å². The van der Waals surface area contributed by atoms with E-state index >= 15 is 0 Å². The SMILES string of the molecule is COc1ccccc1N1CC(=O)NC(CN)C1. The Hall–Kier alpha value is -1.75. The summed E-state index contributed by atoms with van der Waals surface area (Å²) in [6, 6.07) is 7.68. The van der Waals surface area contributed by atoms with Gasteiger partial charge in [0.25, 0.3) is 0 Å². The normalized spacial score (nSPS) is 20.0. The number of benzene rings is 1. The highest BCUT2D eigenvalue weighted by atomic mass is 16.5. The molecule has 3 N–H and O–H groups in total. The molecule has 1 heterocycles. The van der Waals surface area contributed by atoms with E-state index < -0.39 is 0 Å². The Balaban J connectivity index is 2.23. The van der Waals surface area contributed by atoms with Crippen LogP contribution in [0.15, 0.2) is 24.3 Å².